The van der Waals surface area contributed by atoms with E-state index >= 15 is 0 Å². The normalized spacial score (nSPS) is 25.0. The van der Waals surface area contributed by atoms with E-state index in [1.165, 1.54) is 23.3 Å². The van der Waals surface area contributed by atoms with Gasteiger partial charge < -0.3 is 14.7 Å². The zero-order valence-electron chi connectivity index (χ0n) is 14.6. The van der Waals surface area contributed by atoms with E-state index in [1.54, 1.807) is 7.05 Å². The third-order valence-electron chi connectivity index (χ3n) is 5.21. The molecule has 2 fully saturated rings. The molecular weight excluding hydrogens is 318 g/mol. The van der Waals surface area contributed by atoms with Crippen LogP contribution in [0.5, 0.6) is 0 Å². The number of unbranched alkanes of at least 4 members (excludes halogenated alkanes) is 1. The molecule has 7 nitrogen and oxygen atoms in total. The number of benzene rings is 1. The smallest absolute Gasteiger partial charge is 0.325 e. The zero-order chi connectivity index (χ0) is 17.6. The lowest BCUT2D eigenvalue weighted by molar-refractivity contribution is -0.126. The Morgan fingerprint density at radius 3 is 2.68 bits per heavy atom. The summed E-state index contributed by atoms with van der Waals surface area (Å²) in [5, 5.41) is 2.41. The fourth-order valence-corrected chi connectivity index (χ4v) is 3.75. The number of nitrogens with zero attached hydrogens (tertiary/aromatic N) is 4. The molecule has 0 spiro atoms. The molecule has 2 saturated heterocycles. The van der Waals surface area contributed by atoms with Crippen molar-refractivity contribution >= 4 is 23.6 Å². The number of likely N-dealkylation sites (N-methyl/N-ethyl adjacent to an activating group) is 1. The third kappa shape index (κ3) is 2.54. The molecule has 1 aromatic carbocycles. The molecule has 0 aliphatic carbocycles. The second-order valence-electron chi connectivity index (χ2n) is 6.81. The lowest BCUT2D eigenvalue weighted by atomic mass is 10.1. The average molecular weight is 341 g/mol. The largest absolute Gasteiger partial charge is 0.325 e. The number of aliphatic imine (C=N–C) groups is 1. The van der Waals surface area contributed by atoms with Crippen LogP contribution < -0.4 is 10.2 Å². The molecule has 132 valence electrons. The van der Waals surface area contributed by atoms with E-state index in [0.717, 1.165) is 31.2 Å². The summed E-state index contributed by atoms with van der Waals surface area (Å²) in [6.45, 7) is 3.72. The molecule has 0 bridgehead atoms. The van der Waals surface area contributed by atoms with E-state index in [4.69, 9.17) is 4.99 Å². The minimum Gasteiger partial charge on any atom is -0.325 e. The lowest BCUT2D eigenvalue weighted by Gasteiger charge is -2.34. The van der Waals surface area contributed by atoms with Crippen LogP contribution in [0.2, 0.25) is 0 Å². The number of hydrogen-bond acceptors (Lipinski definition) is 5. The van der Waals surface area contributed by atoms with Crippen molar-refractivity contribution in [3.8, 4) is 0 Å². The van der Waals surface area contributed by atoms with Crippen LogP contribution in [0.3, 0.4) is 0 Å². The van der Waals surface area contributed by atoms with Crippen LogP contribution in [0.15, 0.2) is 29.3 Å². The summed E-state index contributed by atoms with van der Waals surface area (Å²) in [6.07, 6.45) is 3.04. The van der Waals surface area contributed by atoms with Crippen molar-refractivity contribution in [2.45, 2.75) is 38.4 Å². The van der Waals surface area contributed by atoms with Crippen LogP contribution in [-0.2, 0) is 11.2 Å². The number of urea groups is 1. The maximum atomic E-state index is 12.3. The quantitative estimate of drug-likeness (QED) is 0.899. The number of imide groups is 1. The Bertz CT molecular complexity index is 729. The third-order valence-corrected chi connectivity index (χ3v) is 5.21. The predicted octanol–water partition coefficient (Wildman–Crippen LogP) is 1.40. The highest BCUT2D eigenvalue weighted by Gasteiger charge is 2.51. The first kappa shape index (κ1) is 15.9. The number of amides is 3. The molecule has 25 heavy (non-hydrogen) atoms. The van der Waals surface area contributed by atoms with Gasteiger partial charge in [-0.2, -0.15) is 0 Å². The van der Waals surface area contributed by atoms with E-state index in [-0.39, 0.29) is 11.9 Å². The summed E-state index contributed by atoms with van der Waals surface area (Å²) in [4.78, 5) is 34.4. The molecule has 1 aromatic rings. The van der Waals surface area contributed by atoms with Crippen molar-refractivity contribution in [1.29, 1.82) is 0 Å². The molecule has 3 aliphatic rings. The predicted molar refractivity (Wildman–Crippen MR) is 95.4 cm³/mol. The van der Waals surface area contributed by atoms with Gasteiger partial charge in [-0.15, -0.1) is 0 Å². The molecule has 1 N–H and O–H groups in total. The van der Waals surface area contributed by atoms with Crippen molar-refractivity contribution in [2.75, 3.05) is 25.0 Å². The maximum Gasteiger partial charge on any atom is 0.325 e. The molecule has 2 unspecified atom stereocenters. The topological polar surface area (TPSA) is 68.2 Å². The first-order chi connectivity index (χ1) is 12.1. The van der Waals surface area contributed by atoms with E-state index in [2.05, 4.69) is 41.4 Å². The van der Waals surface area contributed by atoms with E-state index in [0.29, 0.717) is 0 Å². The van der Waals surface area contributed by atoms with Gasteiger partial charge in [-0.25, -0.2) is 9.79 Å². The minimum atomic E-state index is -0.442. The number of aryl methyl sites for hydroxylation is 1. The number of guanidine groups is 1. The Balaban J connectivity index is 1.57. The Morgan fingerprint density at radius 1 is 1.20 bits per heavy atom. The molecule has 2 atom stereocenters. The van der Waals surface area contributed by atoms with Crippen LogP contribution in [0, 0.1) is 0 Å². The van der Waals surface area contributed by atoms with Gasteiger partial charge in [-0.1, -0.05) is 25.5 Å². The number of fused-ring (bicyclic) bond motifs is 3. The second-order valence-corrected chi connectivity index (χ2v) is 6.81. The fraction of sp³-hybridized carbons (Fsp3) is 0.500. The van der Waals surface area contributed by atoms with E-state index in [9.17, 15) is 9.59 Å². The highest BCUT2D eigenvalue weighted by molar-refractivity contribution is 6.07. The average Bonchev–Trinajstić information content (AvgIpc) is 3.18. The van der Waals surface area contributed by atoms with E-state index in [1.807, 2.05) is 4.90 Å². The number of anilines is 1. The number of nitrogens with one attached hydrogen (secondary N) is 1. The zero-order valence-corrected chi connectivity index (χ0v) is 14.6. The fourth-order valence-electron chi connectivity index (χ4n) is 3.75. The summed E-state index contributed by atoms with van der Waals surface area (Å²) < 4.78 is 0. The van der Waals surface area contributed by atoms with Gasteiger partial charge in [0.2, 0.25) is 5.96 Å². The van der Waals surface area contributed by atoms with Crippen molar-refractivity contribution in [3.63, 3.8) is 0 Å². The maximum absolute atomic E-state index is 12.3. The number of hydrogen-bond donors (Lipinski definition) is 1. The molecule has 0 radical (unpaired) electrons. The molecule has 3 heterocycles. The Morgan fingerprint density at radius 2 is 1.96 bits per heavy atom. The summed E-state index contributed by atoms with van der Waals surface area (Å²) in [5.74, 6) is 0.525. The van der Waals surface area contributed by atoms with E-state index < -0.39 is 12.2 Å². The molecule has 0 aromatic heterocycles. The standard InChI is InChI=1S/C18H23N5O2/c1-3-4-5-12-6-8-13(9-7-12)22-10-11-23-14-15(19-17(22)23)21(2)18(25)20-16(14)24/h6-9,14-15H,3-5,10-11H2,1-2H3,(H,20,24,25). The van der Waals surface area contributed by atoms with Crippen molar-refractivity contribution < 1.29 is 9.59 Å². The molecule has 7 heteroatoms. The van der Waals surface area contributed by atoms with Crippen LogP contribution in [-0.4, -0.2) is 60.0 Å². The molecule has 4 rings (SSSR count). The first-order valence-corrected chi connectivity index (χ1v) is 8.88. The second kappa shape index (κ2) is 6.06. The highest BCUT2D eigenvalue weighted by Crippen LogP contribution is 2.31. The van der Waals surface area contributed by atoms with Gasteiger partial charge in [0.15, 0.2) is 12.2 Å². The van der Waals surface area contributed by atoms with Gasteiger partial charge in [0.1, 0.15) is 0 Å². The monoisotopic (exact) mass is 341 g/mol. The summed E-state index contributed by atoms with van der Waals surface area (Å²) >= 11 is 0. The molecule has 0 saturated carbocycles. The summed E-state index contributed by atoms with van der Waals surface area (Å²) in [7, 11) is 1.68. The van der Waals surface area contributed by atoms with Crippen LogP contribution in [0.25, 0.3) is 0 Å². The Hall–Kier alpha value is -2.57. The highest BCUT2D eigenvalue weighted by atomic mass is 16.2. The van der Waals surface area contributed by atoms with Gasteiger partial charge in [-0.05, 0) is 30.5 Å². The lowest BCUT2D eigenvalue weighted by Crippen LogP contribution is -2.63. The van der Waals surface area contributed by atoms with Crippen LogP contribution in [0.4, 0.5) is 10.5 Å². The van der Waals surface area contributed by atoms with Gasteiger partial charge >= 0.3 is 6.03 Å². The Kier molecular flexibility index (Phi) is 3.86. The number of carbonyl (C=O) groups is 2. The van der Waals surface area contributed by atoms with Crippen molar-refractivity contribution in [3.05, 3.63) is 29.8 Å². The van der Waals surface area contributed by atoms with Gasteiger partial charge in [0.05, 0.1) is 0 Å². The molecule has 3 amide bonds. The van der Waals surface area contributed by atoms with Crippen LogP contribution in [0.1, 0.15) is 25.3 Å². The molecular formula is C18H23N5O2. The SMILES string of the molecule is CCCCc1ccc(N2CCN3C2=NC2C3C(=O)NC(=O)N2C)cc1. The number of rotatable bonds is 4. The van der Waals surface area contributed by atoms with Gasteiger partial charge in [0, 0.05) is 25.8 Å². The summed E-state index contributed by atoms with van der Waals surface area (Å²) in [6, 6.07) is 7.76. The molecule has 3 aliphatic heterocycles. The van der Waals surface area contributed by atoms with Crippen molar-refractivity contribution in [1.82, 2.24) is 15.1 Å². The Labute approximate surface area is 147 Å². The van der Waals surface area contributed by atoms with Gasteiger partial charge in [-0.3, -0.25) is 10.1 Å². The van der Waals surface area contributed by atoms with Crippen molar-refractivity contribution in [2.24, 2.45) is 4.99 Å². The number of carbonyl (C=O) groups excluding carboxylic acids is 2. The van der Waals surface area contributed by atoms with Gasteiger partial charge in [0.25, 0.3) is 5.91 Å². The minimum absolute atomic E-state index is 0.261. The first-order valence-electron chi connectivity index (χ1n) is 8.88. The van der Waals surface area contributed by atoms with Crippen LogP contribution >= 0.6 is 0 Å². The summed E-state index contributed by atoms with van der Waals surface area (Å²) in [5.41, 5.74) is 2.42.